The maximum absolute atomic E-state index is 12.4. The van der Waals surface area contributed by atoms with E-state index in [2.05, 4.69) is 18.2 Å². The van der Waals surface area contributed by atoms with E-state index in [1.807, 2.05) is 18.2 Å². The van der Waals surface area contributed by atoms with Crippen molar-refractivity contribution in [2.45, 2.75) is 77.0 Å². The van der Waals surface area contributed by atoms with Gasteiger partial charge in [-0.2, -0.15) is 0 Å². The predicted molar refractivity (Wildman–Crippen MR) is 239 cm³/mol. The first kappa shape index (κ1) is 47.3. The number of benzene rings is 3. The minimum atomic E-state index is -1.09. The van der Waals surface area contributed by atoms with Gasteiger partial charge in [0.1, 0.15) is 0 Å². The molecule has 13 heteroatoms. The molecule has 0 spiro atoms. The van der Waals surface area contributed by atoms with Gasteiger partial charge < -0.3 is 44.4 Å². The quantitative estimate of drug-likeness (QED) is 0.224. The minimum absolute atomic E-state index is 0. The number of carboxylic acids is 3. The fraction of sp³-hybridized carbons (Fsp3) is 0.294. The summed E-state index contributed by atoms with van der Waals surface area (Å²) < 4.78 is 0. The first-order valence-corrected chi connectivity index (χ1v) is 21.2. The summed E-state index contributed by atoms with van der Waals surface area (Å²) in [6.45, 7) is 6.68. The molecule has 64 heavy (non-hydrogen) atoms. The molecule has 3 atom stereocenters. The van der Waals surface area contributed by atoms with Crippen LogP contribution in [0.2, 0.25) is 0 Å². The zero-order valence-electron chi connectivity index (χ0n) is 36.0. The minimum Gasteiger partial charge on any atom is -0.550 e. The third kappa shape index (κ3) is 10.1. The zero-order chi connectivity index (χ0) is 44.9. The topological polar surface area (TPSA) is 181 Å². The van der Waals surface area contributed by atoms with Gasteiger partial charge in [-0.3, -0.25) is 14.4 Å². The molecular formula is C51H48BiN3O9. The van der Waals surface area contributed by atoms with E-state index in [-0.39, 0.29) is 43.9 Å². The van der Waals surface area contributed by atoms with Crippen molar-refractivity contribution in [3.63, 3.8) is 0 Å². The van der Waals surface area contributed by atoms with Gasteiger partial charge >= 0.3 is 26.2 Å². The number of carbonyl (C=O) groups excluding carboxylic acids is 6. The molecule has 9 rings (SSSR count). The van der Waals surface area contributed by atoms with E-state index in [1.165, 1.54) is 16.7 Å². The summed E-state index contributed by atoms with van der Waals surface area (Å²) in [7, 11) is 0. The summed E-state index contributed by atoms with van der Waals surface area (Å²) in [5.41, 5.74) is 10.8. The molecule has 3 heterocycles. The van der Waals surface area contributed by atoms with E-state index in [1.54, 1.807) is 108 Å². The van der Waals surface area contributed by atoms with E-state index in [0.29, 0.717) is 55.6 Å². The largest absolute Gasteiger partial charge is 3.00 e. The van der Waals surface area contributed by atoms with E-state index in [4.69, 9.17) is 0 Å². The smallest absolute Gasteiger partial charge is 0.550 e. The number of hydrogen-bond acceptors (Lipinski definition) is 9. The van der Waals surface area contributed by atoms with Crippen molar-refractivity contribution in [3.8, 4) is 0 Å². The number of carbonyl (C=O) groups is 6. The van der Waals surface area contributed by atoms with Gasteiger partial charge in [0.2, 0.25) is 0 Å². The van der Waals surface area contributed by atoms with Crippen molar-refractivity contribution in [2.24, 2.45) is 0 Å². The molecule has 6 aliphatic rings. The van der Waals surface area contributed by atoms with E-state index in [0.717, 1.165) is 53.0 Å². The summed E-state index contributed by atoms with van der Waals surface area (Å²) in [5, 5.41) is 32.6. The molecule has 0 fully saturated rings. The standard InChI is InChI=1S/3C17H17NO3.Bi/c3*1-11(17(20)21)12-6-8-14(9-7-12)18-10-13-4-2-3-5-15(13)16(18)19;/h3*2-3,6-9,11H,4-5,10H2,1H3,(H,20,21);/q;;;+3/p-3. The predicted octanol–water partition coefficient (Wildman–Crippen LogP) is 4.22. The molecule has 326 valence electrons. The molecule has 0 bridgehead atoms. The van der Waals surface area contributed by atoms with Crippen LogP contribution in [0.15, 0.2) is 143 Å². The molecule has 0 saturated heterocycles. The van der Waals surface area contributed by atoms with Gasteiger partial charge in [0, 0.05) is 89.1 Å². The SMILES string of the molecule is CC(C(=O)[O-])c1ccc(N2CC3=C(CC=CC3)C2=O)cc1.CC(C(=O)[O-])c1ccc(N2CC3=C(CC=CC3)C2=O)cc1.CC(C(=O)[O-])c1ccc(N2CC3=C(CC=CC3)C2=O)cc1.[Bi+3]. The van der Waals surface area contributed by atoms with Crippen LogP contribution in [0.3, 0.4) is 0 Å². The van der Waals surface area contributed by atoms with Crippen molar-refractivity contribution in [1.29, 1.82) is 0 Å². The molecular weight excluding hydrogens is 1010 g/mol. The first-order valence-electron chi connectivity index (χ1n) is 21.2. The molecule has 3 amide bonds. The number of amides is 3. The fourth-order valence-corrected chi connectivity index (χ4v) is 8.42. The number of anilines is 3. The summed E-state index contributed by atoms with van der Waals surface area (Å²) in [6, 6.07) is 21.3. The van der Waals surface area contributed by atoms with Crippen LogP contribution >= 0.6 is 0 Å². The summed E-state index contributed by atoms with van der Waals surface area (Å²) in [4.78, 5) is 75.1. The van der Waals surface area contributed by atoms with Crippen LogP contribution in [0.4, 0.5) is 17.1 Å². The fourth-order valence-electron chi connectivity index (χ4n) is 8.42. The van der Waals surface area contributed by atoms with Gasteiger partial charge in [-0.1, -0.05) is 93.6 Å². The van der Waals surface area contributed by atoms with E-state index in [9.17, 15) is 44.1 Å². The zero-order valence-corrected chi connectivity index (χ0v) is 39.4. The molecule has 0 aromatic heterocycles. The first-order chi connectivity index (χ1) is 30.2. The summed E-state index contributed by atoms with van der Waals surface area (Å²) in [5.74, 6) is -5.04. The third-order valence-corrected chi connectivity index (χ3v) is 12.6. The summed E-state index contributed by atoms with van der Waals surface area (Å²) in [6.07, 6.45) is 17.1. The Hall–Kier alpha value is -6.20. The van der Waals surface area contributed by atoms with Gasteiger partial charge in [0.25, 0.3) is 17.7 Å². The van der Waals surface area contributed by atoms with Crippen molar-refractivity contribution in [2.75, 3.05) is 34.3 Å². The maximum Gasteiger partial charge on any atom is 3.00 e. The van der Waals surface area contributed by atoms with Gasteiger partial charge in [-0.25, -0.2) is 0 Å². The molecule has 3 unspecified atom stereocenters. The Morgan fingerprint density at radius 3 is 0.828 bits per heavy atom. The van der Waals surface area contributed by atoms with Gasteiger partial charge in [-0.15, -0.1) is 0 Å². The second kappa shape index (κ2) is 20.5. The Morgan fingerprint density at radius 2 is 0.625 bits per heavy atom. The molecule has 0 N–H and O–H groups in total. The van der Waals surface area contributed by atoms with Crippen LogP contribution in [-0.2, 0) is 28.8 Å². The molecule has 3 aromatic carbocycles. The average Bonchev–Trinajstić information content (AvgIpc) is 3.95. The van der Waals surface area contributed by atoms with Crippen LogP contribution in [0.5, 0.6) is 0 Å². The number of rotatable bonds is 9. The molecule has 3 aliphatic carbocycles. The number of allylic oxidation sites excluding steroid dienone is 6. The van der Waals surface area contributed by atoms with Gasteiger partial charge in [0.15, 0.2) is 0 Å². The molecule has 0 saturated carbocycles. The normalized spacial score (nSPS) is 18.6. The van der Waals surface area contributed by atoms with E-state index >= 15 is 0 Å². The Morgan fingerprint density at radius 1 is 0.406 bits per heavy atom. The van der Waals surface area contributed by atoms with Crippen molar-refractivity contribution in [1.82, 2.24) is 0 Å². The van der Waals surface area contributed by atoms with Gasteiger partial charge in [0.05, 0.1) is 0 Å². The third-order valence-electron chi connectivity index (χ3n) is 12.6. The van der Waals surface area contributed by atoms with Gasteiger partial charge in [-0.05, 0) is 108 Å². The molecule has 2 radical (unpaired) electrons. The van der Waals surface area contributed by atoms with Crippen LogP contribution in [-0.4, -0.2) is 81.5 Å². The van der Waals surface area contributed by atoms with Crippen LogP contribution in [0.25, 0.3) is 0 Å². The Bertz CT molecular complexity index is 2250. The number of aliphatic carboxylic acids is 3. The second-order valence-corrected chi connectivity index (χ2v) is 16.5. The van der Waals surface area contributed by atoms with Crippen molar-refractivity contribution < 1.29 is 44.1 Å². The van der Waals surface area contributed by atoms with Crippen LogP contribution in [0, 0.1) is 0 Å². The monoisotopic (exact) mass is 1060 g/mol. The molecule has 12 nitrogen and oxygen atoms in total. The molecule has 3 aliphatic heterocycles. The maximum atomic E-state index is 12.4. The van der Waals surface area contributed by atoms with E-state index < -0.39 is 35.7 Å². The van der Waals surface area contributed by atoms with Crippen molar-refractivity contribution >= 4 is 78.9 Å². The Kier molecular flexibility index (Phi) is 15.2. The van der Waals surface area contributed by atoms with Crippen LogP contribution < -0.4 is 30.0 Å². The second-order valence-electron chi connectivity index (χ2n) is 16.5. The van der Waals surface area contributed by atoms with Crippen LogP contribution in [0.1, 0.15) is 93.7 Å². The summed E-state index contributed by atoms with van der Waals surface area (Å²) >= 11 is 0. The Balaban J connectivity index is 0.000000158. The number of carboxylic acid groups (broad SMARTS) is 3. The number of nitrogens with zero attached hydrogens (tertiary/aromatic N) is 3. The Labute approximate surface area is 391 Å². The average molecular weight is 1060 g/mol. The number of hydrogen-bond donors (Lipinski definition) is 0. The molecule has 3 aromatic rings. The van der Waals surface area contributed by atoms with Crippen molar-refractivity contribution in [3.05, 3.63) is 159 Å².